The molecule has 1 saturated heterocycles. The molecule has 1 fully saturated rings. The molecular formula is C23H26ClN3O. The molecule has 1 aliphatic rings. The van der Waals surface area contributed by atoms with Crippen LogP contribution in [0.1, 0.15) is 22.6 Å². The second kappa shape index (κ2) is 9.69. The Morgan fingerprint density at radius 2 is 1.75 bits per heavy atom. The van der Waals surface area contributed by atoms with E-state index in [1.165, 1.54) is 11.1 Å². The van der Waals surface area contributed by atoms with Crippen molar-refractivity contribution in [2.24, 2.45) is 5.73 Å². The summed E-state index contributed by atoms with van der Waals surface area (Å²) < 4.78 is 6.07. The van der Waals surface area contributed by atoms with Crippen LogP contribution >= 0.6 is 12.4 Å². The number of ether oxygens (including phenoxy) is 1. The normalized spacial score (nSPS) is 19.2. The molecule has 3 aromatic rings. The van der Waals surface area contributed by atoms with Gasteiger partial charge in [0, 0.05) is 55.1 Å². The third kappa shape index (κ3) is 4.90. The molecule has 2 heterocycles. The number of pyridine rings is 1. The summed E-state index contributed by atoms with van der Waals surface area (Å²) in [5, 5.41) is 0. The van der Waals surface area contributed by atoms with E-state index in [9.17, 15) is 0 Å². The Labute approximate surface area is 172 Å². The van der Waals surface area contributed by atoms with E-state index in [0.29, 0.717) is 12.5 Å². The van der Waals surface area contributed by atoms with Crippen LogP contribution < -0.4 is 10.5 Å². The first-order valence-electron chi connectivity index (χ1n) is 9.42. The number of hydrogen-bond acceptors (Lipinski definition) is 4. The second-order valence-electron chi connectivity index (χ2n) is 7.13. The molecule has 28 heavy (non-hydrogen) atoms. The van der Waals surface area contributed by atoms with E-state index in [2.05, 4.69) is 52.3 Å². The summed E-state index contributed by atoms with van der Waals surface area (Å²) in [6.07, 6.45) is 3.61. The van der Waals surface area contributed by atoms with Gasteiger partial charge in [0.1, 0.15) is 12.4 Å². The Balaban J connectivity index is 0.00000225. The van der Waals surface area contributed by atoms with Crippen LogP contribution in [0.3, 0.4) is 0 Å². The number of hydrogen-bond donors (Lipinski definition) is 1. The zero-order chi connectivity index (χ0) is 18.5. The fourth-order valence-corrected chi connectivity index (χ4v) is 3.76. The van der Waals surface area contributed by atoms with E-state index in [4.69, 9.17) is 10.5 Å². The van der Waals surface area contributed by atoms with Gasteiger partial charge in [-0.15, -0.1) is 12.4 Å². The summed E-state index contributed by atoms with van der Waals surface area (Å²) in [6.45, 7) is 3.25. The van der Waals surface area contributed by atoms with Gasteiger partial charge in [0.05, 0.1) is 0 Å². The Morgan fingerprint density at radius 3 is 2.54 bits per heavy atom. The maximum atomic E-state index is 6.45. The maximum absolute atomic E-state index is 6.45. The first-order valence-corrected chi connectivity index (χ1v) is 9.42. The number of nitrogens with two attached hydrogens (primary N) is 1. The lowest BCUT2D eigenvalue weighted by Crippen LogP contribution is -2.28. The molecule has 0 amide bonds. The zero-order valence-corrected chi connectivity index (χ0v) is 16.6. The first kappa shape index (κ1) is 20.3. The predicted octanol–water partition coefficient (Wildman–Crippen LogP) is 4.01. The average Bonchev–Trinajstić information content (AvgIpc) is 3.09. The van der Waals surface area contributed by atoms with E-state index in [0.717, 1.165) is 30.9 Å². The predicted molar refractivity (Wildman–Crippen MR) is 115 cm³/mol. The van der Waals surface area contributed by atoms with E-state index >= 15 is 0 Å². The van der Waals surface area contributed by atoms with Gasteiger partial charge in [-0.1, -0.05) is 54.6 Å². The first-order chi connectivity index (χ1) is 13.3. The third-order valence-electron chi connectivity index (χ3n) is 5.15. The minimum absolute atomic E-state index is 0. The number of likely N-dealkylation sites (tertiary alicyclic amines) is 1. The fourth-order valence-electron chi connectivity index (χ4n) is 3.76. The molecule has 0 saturated carbocycles. The molecular weight excluding hydrogens is 370 g/mol. The maximum Gasteiger partial charge on any atom is 0.124 e. The zero-order valence-electron chi connectivity index (χ0n) is 15.8. The SMILES string of the molecule is Cl.N[C@@H]1CN(Cc2ccccc2OCc2cccnc2)C[C@H]1c1ccccc1. The molecule has 4 rings (SSSR count). The van der Waals surface area contributed by atoms with Crippen LogP contribution in [-0.2, 0) is 13.2 Å². The molecule has 2 aromatic carbocycles. The van der Waals surface area contributed by atoms with Crippen molar-refractivity contribution in [2.45, 2.75) is 25.1 Å². The van der Waals surface area contributed by atoms with Gasteiger partial charge < -0.3 is 10.5 Å². The summed E-state index contributed by atoms with van der Waals surface area (Å²) in [5.74, 6) is 1.31. The standard InChI is InChI=1S/C23H25N3O.ClH/c24-22-16-26(15-21(22)19-8-2-1-3-9-19)14-20-10-4-5-11-23(20)27-17-18-7-6-12-25-13-18;/h1-13,21-22H,14-17,24H2;1H/t21-,22+;/m0./s1. The Morgan fingerprint density at radius 1 is 0.964 bits per heavy atom. The molecule has 4 nitrogen and oxygen atoms in total. The Hall–Kier alpha value is -2.40. The molecule has 0 unspecified atom stereocenters. The summed E-state index contributed by atoms with van der Waals surface area (Å²) in [4.78, 5) is 6.57. The number of benzene rings is 2. The van der Waals surface area contributed by atoms with E-state index < -0.39 is 0 Å². The topological polar surface area (TPSA) is 51.4 Å². The van der Waals surface area contributed by atoms with Gasteiger partial charge in [0.25, 0.3) is 0 Å². The number of nitrogens with zero attached hydrogens (tertiary/aromatic N) is 2. The summed E-state index contributed by atoms with van der Waals surface area (Å²) in [7, 11) is 0. The number of rotatable bonds is 6. The quantitative estimate of drug-likeness (QED) is 0.685. The van der Waals surface area contributed by atoms with Gasteiger partial charge in [-0.3, -0.25) is 9.88 Å². The van der Waals surface area contributed by atoms with Crippen LogP contribution in [0.5, 0.6) is 5.75 Å². The Kier molecular flexibility index (Phi) is 7.04. The van der Waals surface area contributed by atoms with Crippen LogP contribution in [0.15, 0.2) is 79.1 Å². The van der Waals surface area contributed by atoms with E-state index in [1.54, 1.807) is 6.20 Å². The third-order valence-corrected chi connectivity index (χ3v) is 5.15. The summed E-state index contributed by atoms with van der Waals surface area (Å²) in [5.41, 5.74) is 10.0. The van der Waals surface area contributed by atoms with Gasteiger partial charge in [0.15, 0.2) is 0 Å². The number of halogens is 1. The molecule has 2 atom stereocenters. The lowest BCUT2D eigenvalue weighted by Gasteiger charge is -2.18. The smallest absolute Gasteiger partial charge is 0.124 e. The minimum atomic E-state index is 0. The van der Waals surface area contributed by atoms with Crippen molar-refractivity contribution >= 4 is 12.4 Å². The van der Waals surface area contributed by atoms with Crippen molar-refractivity contribution in [3.05, 3.63) is 95.8 Å². The van der Waals surface area contributed by atoms with Gasteiger partial charge >= 0.3 is 0 Å². The molecule has 0 radical (unpaired) electrons. The molecule has 5 heteroatoms. The highest BCUT2D eigenvalue weighted by Gasteiger charge is 2.31. The van der Waals surface area contributed by atoms with Crippen molar-refractivity contribution in [1.29, 1.82) is 0 Å². The molecule has 0 aliphatic carbocycles. The molecule has 146 valence electrons. The van der Waals surface area contributed by atoms with Gasteiger partial charge in [-0.05, 0) is 17.7 Å². The van der Waals surface area contributed by atoms with E-state index in [1.807, 2.05) is 30.5 Å². The molecule has 2 N–H and O–H groups in total. The van der Waals surface area contributed by atoms with Crippen molar-refractivity contribution < 1.29 is 4.74 Å². The van der Waals surface area contributed by atoms with Crippen molar-refractivity contribution in [3.63, 3.8) is 0 Å². The average molecular weight is 396 g/mol. The van der Waals surface area contributed by atoms with Gasteiger partial charge in [-0.25, -0.2) is 0 Å². The summed E-state index contributed by atoms with van der Waals surface area (Å²) in [6, 6.07) is 23.0. The van der Waals surface area contributed by atoms with Crippen LogP contribution in [-0.4, -0.2) is 29.0 Å². The minimum Gasteiger partial charge on any atom is -0.489 e. The largest absolute Gasteiger partial charge is 0.489 e. The van der Waals surface area contributed by atoms with Gasteiger partial charge in [-0.2, -0.15) is 0 Å². The highest BCUT2D eigenvalue weighted by atomic mass is 35.5. The highest BCUT2D eigenvalue weighted by Crippen LogP contribution is 2.29. The Bertz CT molecular complexity index is 860. The fraction of sp³-hybridized carbons (Fsp3) is 0.261. The van der Waals surface area contributed by atoms with Crippen LogP contribution in [0.25, 0.3) is 0 Å². The van der Waals surface area contributed by atoms with Crippen molar-refractivity contribution in [1.82, 2.24) is 9.88 Å². The van der Waals surface area contributed by atoms with Crippen LogP contribution in [0.2, 0.25) is 0 Å². The highest BCUT2D eigenvalue weighted by molar-refractivity contribution is 5.85. The summed E-state index contributed by atoms with van der Waals surface area (Å²) >= 11 is 0. The lowest BCUT2D eigenvalue weighted by atomic mass is 9.95. The lowest BCUT2D eigenvalue weighted by molar-refractivity contribution is 0.283. The van der Waals surface area contributed by atoms with E-state index in [-0.39, 0.29) is 18.4 Å². The number of aromatic nitrogens is 1. The molecule has 0 spiro atoms. The van der Waals surface area contributed by atoms with Crippen LogP contribution in [0.4, 0.5) is 0 Å². The van der Waals surface area contributed by atoms with Gasteiger partial charge in [0.2, 0.25) is 0 Å². The molecule has 1 aliphatic heterocycles. The second-order valence-corrected chi connectivity index (χ2v) is 7.13. The van der Waals surface area contributed by atoms with Crippen molar-refractivity contribution in [3.8, 4) is 5.75 Å². The van der Waals surface area contributed by atoms with Crippen LogP contribution in [0, 0.1) is 0 Å². The van der Waals surface area contributed by atoms with Crippen molar-refractivity contribution in [2.75, 3.05) is 13.1 Å². The molecule has 0 bridgehead atoms. The molecule has 1 aromatic heterocycles. The number of para-hydroxylation sites is 1. The monoisotopic (exact) mass is 395 g/mol.